The fourth-order valence-electron chi connectivity index (χ4n) is 2.51. The summed E-state index contributed by atoms with van der Waals surface area (Å²) in [5.74, 6) is 0. The Kier molecular flexibility index (Phi) is 5.19. The van der Waals surface area contributed by atoms with Gasteiger partial charge in [0.25, 0.3) is 0 Å². The van der Waals surface area contributed by atoms with E-state index in [9.17, 15) is 4.79 Å². The average Bonchev–Trinajstić information content (AvgIpc) is 3.03. The molecule has 128 valence electrons. The van der Waals surface area contributed by atoms with Gasteiger partial charge in [0.1, 0.15) is 0 Å². The van der Waals surface area contributed by atoms with Gasteiger partial charge in [-0.1, -0.05) is 34.1 Å². The van der Waals surface area contributed by atoms with Crippen molar-refractivity contribution in [1.82, 2.24) is 14.7 Å². The first-order valence-electron chi connectivity index (χ1n) is 7.90. The van der Waals surface area contributed by atoms with Crippen molar-refractivity contribution in [3.63, 3.8) is 0 Å². The zero-order valence-electron chi connectivity index (χ0n) is 14.1. The smallest absolute Gasteiger partial charge is 0.321 e. The first-order chi connectivity index (χ1) is 12.0. The minimum Gasteiger partial charge on any atom is -0.323 e. The number of rotatable bonds is 4. The molecule has 0 aliphatic rings. The molecule has 1 heterocycles. The highest BCUT2D eigenvalue weighted by atomic mass is 79.9. The van der Waals surface area contributed by atoms with E-state index >= 15 is 0 Å². The molecule has 0 fully saturated rings. The maximum absolute atomic E-state index is 12.4. The lowest BCUT2D eigenvalue weighted by Gasteiger charge is -2.18. The molecule has 25 heavy (non-hydrogen) atoms. The fraction of sp³-hybridized carbons (Fsp3) is 0.158. The summed E-state index contributed by atoms with van der Waals surface area (Å²) in [6.07, 6.45) is 1.76. The van der Waals surface area contributed by atoms with Crippen LogP contribution in [0, 0.1) is 6.92 Å². The van der Waals surface area contributed by atoms with Crippen LogP contribution in [0.15, 0.2) is 65.3 Å². The third kappa shape index (κ3) is 4.28. The second-order valence-corrected chi connectivity index (χ2v) is 6.76. The van der Waals surface area contributed by atoms with Gasteiger partial charge in [-0.3, -0.25) is 0 Å². The molecule has 0 spiro atoms. The van der Waals surface area contributed by atoms with E-state index in [1.54, 1.807) is 18.1 Å². The van der Waals surface area contributed by atoms with Crippen LogP contribution in [0.5, 0.6) is 0 Å². The normalized spacial score (nSPS) is 10.5. The van der Waals surface area contributed by atoms with E-state index in [0.717, 1.165) is 27.1 Å². The van der Waals surface area contributed by atoms with Gasteiger partial charge in [0.15, 0.2) is 0 Å². The Morgan fingerprint density at radius 1 is 1.20 bits per heavy atom. The minimum absolute atomic E-state index is 0.155. The number of aryl methyl sites for hydroxylation is 1. The Labute approximate surface area is 155 Å². The van der Waals surface area contributed by atoms with Crippen molar-refractivity contribution < 1.29 is 4.79 Å². The Morgan fingerprint density at radius 2 is 1.96 bits per heavy atom. The van der Waals surface area contributed by atoms with Crippen LogP contribution < -0.4 is 5.32 Å². The summed E-state index contributed by atoms with van der Waals surface area (Å²) in [5, 5.41) is 7.23. The van der Waals surface area contributed by atoms with E-state index in [1.165, 1.54) is 0 Å². The lowest BCUT2D eigenvalue weighted by atomic mass is 10.2. The lowest BCUT2D eigenvalue weighted by molar-refractivity contribution is 0.220. The molecule has 1 aromatic heterocycles. The van der Waals surface area contributed by atoms with E-state index in [4.69, 9.17) is 0 Å². The molecule has 0 saturated heterocycles. The molecule has 3 rings (SSSR count). The Balaban J connectivity index is 1.68. The first kappa shape index (κ1) is 17.2. The van der Waals surface area contributed by atoms with Gasteiger partial charge in [-0.05, 0) is 48.9 Å². The Bertz CT molecular complexity index is 873. The summed E-state index contributed by atoms with van der Waals surface area (Å²) in [4.78, 5) is 14.1. The summed E-state index contributed by atoms with van der Waals surface area (Å²) >= 11 is 3.41. The van der Waals surface area contributed by atoms with Crippen LogP contribution in [0.25, 0.3) is 5.69 Å². The molecular weight excluding hydrogens is 380 g/mol. The van der Waals surface area contributed by atoms with E-state index in [0.29, 0.717) is 6.54 Å². The minimum atomic E-state index is -0.155. The number of amides is 2. The molecule has 6 heteroatoms. The number of benzene rings is 2. The average molecular weight is 399 g/mol. The van der Waals surface area contributed by atoms with Crippen molar-refractivity contribution in [3.05, 3.63) is 76.5 Å². The predicted octanol–water partition coefficient (Wildman–Crippen LogP) is 4.61. The highest BCUT2D eigenvalue weighted by Crippen LogP contribution is 2.17. The molecule has 0 aliphatic heterocycles. The number of urea groups is 1. The van der Waals surface area contributed by atoms with Gasteiger partial charge < -0.3 is 10.2 Å². The standard InChI is InChI=1S/C19H19BrN4O/c1-14-10-11-21-24(14)18-5-3-4-17(12-18)22-19(25)23(2)13-15-6-8-16(20)9-7-15/h3-12H,13H2,1-2H3,(H,22,25). The Hall–Kier alpha value is -2.60. The van der Waals surface area contributed by atoms with Crippen LogP contribution in [-0.2, 0) is 6.54 Å². The quantitative estimate of drug-likeness (QED) is 0.697. The van der Waals surface area contributed by atoms with E-state index in [1.807, 2.05) is 66.2 Å². The van der Waals surface area contributed by atoms with E-state index in [2.05, 4.69) is 26.3 Å². The zero-order chi connectivity index (χ0) is 17.8. The lowest BCUT2D eigenvalue weighted by Crippen LogP contribution is -2.30. The number of anilines is 1. The molecule has 0 bridgehead atoms. The van der Waals surface area contributed by atoms with Crippen molar-refractivity contribution in [2.45, 2.75) is 13.5 Å². The van der Waals surface area contributed by atoms with Crippen molar-refractivity contribution in [1.29, 1.82) is 0 Å². The number of nitrogens with one attached hydrogen (secondary N) is 1. The van der Waals surface area contributed by atoms with Gasteiger partial charge >= 0.3 is 6.03 Å². The summed E-state index contributed by atoms with van der Waals surface area (Å²) in [5.41, 5.74) is 3.76. The fourth-order valence-corrected chi connectivity index (χ4v) is 2.77. The molecule has 0 radical (unpaired) electrons. The van der Waals surface area contributed by atoms with Crippen molar-refractivity contribution in [2.24, 2.45) is 0 Å². The first-order valence-corrected chi connectivity index (χ1v) is 8.70. The van der Waals surface area contributed by atoms with Gasteiger partial charge in [0, 0.05) is 35.6 Å². The SMILES string of the molecule is Cc1ccnn1-c1cccc(NC(=O)N(C)Cc2ccc(Br)cc2)c1. The van der Waals surface area contributed by atoms with Crippen molar-refractivity contribution >= 4 is 27.6 Å². The molecule has 5 nitrogen and oxygen atoms in total. The molecule has 2 aromatic carbocycles. The highest BCUT2D eigenvalue weighted by Gasteiger charge is 2.10. The van der Waals surface area contributed by atoms with Crippen LogP contribution in [0.3, 0.4) is 0 Å². The summed E-state index contributed by atoms with van der Waals surface area (Å²) in [6, 6.07) is 17.4. The number of hydrogen-bond acceptors (Lipinski definition) is 2. The summed E-state index contributed by atoms with van der Waals surface area (Å²) in [6.45, 7) is 2.53. The molecule has 0 unspecified atom stereocenters. The predicted molar refractivity (Wildman–Crippen MR) is 103 cm³/mol. The van der Waals surface area contributed by atoms with Crippen LogP contribution >= 0.6 is 15.9 Å². The molecular formula is C19H19BrN4O. The van der Waals surface area contributed by atoms with Gasteiger partial charge in [-0.15, -0.1) is 0 Å². The largest absolute Gasteiger partial charge is 0.323 e. The number of hydrogen-bond donors (Lipinski definition) is 1. The van der Waals surface area contributed by atoms with Crippen LogP contribution in [0.4, 0.5) is 10.5 Å². The number of carbonyl (C=O) groups excluding carboxylic acids is 1. The van der Waals surface area contributed by atoms with Crippen LogP contribution in [-0.4, -0.2) is 27.8 Å². The summed E-state index contributed by atoms with van der Waals surface area (Å²) < 4.78 is 2.86. The monoisotopic (exact) mass is 398 g/mol. The van der Waals surface area contributed by atoms with Gasteiger partial charge in [-0.2, -0.15) is 5.10 Å². The second kappa shape index (κ2) is 7.53. The molecule has 1 N–H and O–H groups in total. The van der Waals surface area contributed by atoms with E-state index < -0.39 is 0 Å². The number of nitrogens with zero attached hydrogens (tertiary/aromatic N) is 3. The van der Waals surface area contributed by atoms with Gasteiger partial charge in [-0.25, -0.2) is 9.48 Å². The number of halogens is 1. The topological polar surface area (TPSA) is 50.2 Å². The molecule has 0 aliphatic carbocycles. The molecule has 0 saturated carbocycles. The van der Waals surface area contributed by atoms with Crippen molar-refractivity contribution in [3.8, 4) is 5.69 Å². The second-order valence-electron chi connectivity index (χ2n) is 5.85. The van der Waals surface area contributed by atoms with Gasteiger partial charge in [0.05, 0.1) is 5.69 Å². The highest BCUT2D eigenvalue weighted by molar-refractivity contribution is 9.10. The zero-order valence-corrected chi connectivity index (χ0v) is 15.7. The summed E-state index contributed by atoms with van der Waals surface area (Å²) in [7, 11) is 1.78. The third-order valence-electron chi connectivity index (χ3n) is 3.85. The van der Waals surface area contributed by atoms with E-state index in [-0.39, 0.29) is 6.03 Å². The number of carbonyl (C=O) groups is 1. The van der Waals surface area contributed by atoms with Gasteiger partial charge in [0.2, 0.25) is 0 Å². The maximum atomic E-state index is 12.4. The van der Waals surface area contributed by atoms with Crippen molar-refractivity contribution in [2.75, 3.05) is 12.4 Å². The van der Waals surface area contributed by atoms with Crippen LogP contribution in [0.2, 0.25) is 0 Å². The maximum Gasteiger partial charge on any atom is 0.321 e. The number of aromatic nitrogens is 2. The third-order valence-corrected chi connectivity index (χ3v) is 4.38. The molecule has 3 aromatic rings. The molecule has 0 atom stereocenters. The van der Waals surface area contributed by atoms with Crippen LogP contribution in [0.1, 0.15) is 11.3 Å². The molecule has 2 amide bonds. The Morgan fingerprint density at radius 3 is 2.64 bits per heavy atom.